The molecule has 1 amide bonds. The molecule has 2 N–H and O–H groups in total. The van der Waals surface area contributed by atoms with Crippen LogP contribution in [0, 0.1) is 0 Å². The van der Waals surface area contributed by atoms with Gasteiger partial charge in [0.05, 0.1) is 12.0 Å². The van der Waals surface area contributed by atoms with E-state index in [4.69, 9.17) is 5.11 Å². The second-order valence-electron chi connectivity index (χ2n) is 4.91. The first-order valence-corrected chi connectivity index (χ1v) is 5.74. The van der Waals surface area contributed by atoms with Crippen LogP contribution in [0.4, 0.5) is 0 Å². The number of aliphatic hydroxyl groups is 1. The van der Waals surface area contributed by atoms with E-state index in [-0.39, 0.29) is 11.7 Å². The van der Waals surface area contributed by atoms with E-state index in [2.05, 4.69) is 0 Å². The van der Waals surface area contributed by atoms with E-state index in [0.29, 0.717) is 25.9 Å². The van der Waals surface area contributed by atoms with Crippen LogP contribution in [-0.4, -0.2) is 39.7 Å². The summed E-state index contributed by atoms with van der Waals surface area (Å²) in [6.07, 6.45) is 0.949. The predicted octanol–water partition coefficient (Wildman–Crippen LogP) is 0.918. The molecule has 92 valence electrons. The zero-order valence-electron chi connectivity index (χ0n) is 9.89. The van der Waals surface area contributed by atoms with Crippen LogP contribution < -0.4 is 0 Å². The van der Waals surface area contributed by atoms with Gasteiger partial charge in [0.2, 0.25) is 5.91 Å². The number of hydrogen-bond acceptors (Lipinski definition) is 3. The predicted molar refractivity (Wildman–Crippen MR) is 63.6 cm³/mol. The smallest absolute Gasteiger partial charge is 0.227 e. The highest BCUT2D eigenvalue weighted by Gasteiger charge is 2.33. The summed E-state index contributed by atoms with van der Waals surface area (Å²) in [6, 6.07) is 6.62. The van der Waals surface area contributed by atoms with Gasteiger partial charge in [-0.3, -0.25) is 4.79 Å². The second kappa shape index (κ2) is 4.37. The molecule has 1 fully saturated rings. The highest BCUT2D eigenvalue weighted by atomic mass is 16.3. The van der Waals surface area contributed by atoms with E-state index in [1.807, 2.05) is 0 Å². The Morgan fingerprint density at radius 2 is 2.06 bits per heavy atom. The topological polar surface area (TPSA) is 60.8 Å². The van der Waals surface area contributed by atoms with E-state index in [0.717, 1.165) is 5.56 Å². The lowest BCUT2D eigenvalue weighted by molar-refractivity contribution is -0.130. The van der Waals surface area contributed by atoms with Gasteiger partial charge < -0.3 is 15.1 Å². The Kier molecular flexibility index (Phi) is 3.07. The molecular formula is C13H17NO3. The number of hydrogen-bond donors (Lipinski definition) is 2. The van der Waals surface area contributed by atoms with Crippen LogP contribution in [0.5, 0.6) is 5.75 Å². The summed E-state index contributed by atoms with van der Waals surface area (Å²) >= 11 is 0. The average molecular weight is 235 g/mol. The molecule has 0 spiro atoms. The molecule has 0 saturated carbocycles. The average Bonchev–Trinajstić information content (AvgIpc) is 2.62. The van der Waals surface area contributed by atoms with Gasteiger partial charge in [0.25, 0.3) is 0 Å². The van der Waals surface area contributed by atoms with Gasteiger partial charge in [-0.05, 0) is 31.0 Å². The van der Waals surface area contributed by atoms with Crippen molar-refractivity contribution in [3.8, 4) is 5.75 Å². The largest absolute Gasteiger partial charge is 0.508 e. The fourth-order valence-corrected chi connectivity index (χ4v) is 2.06. The Balaban J connectivity index is 1.96. The van der Waals surface area contributed by atoms with E-state index >= 15 is 0 Å². The second-order valence-corrected chi connectivity index (χ2v) is 4.91. The number of nitrogens with zero attached hydrogens (tertiary/aromatic N) is 1. The Morgan fingerprint density at radius 3 is 2.59 bits per heavy atom. The molecule has 0 aliphatic carbocycles. The van der Waals surface area contributed by atoms with Gasteiger partial charge in [0.1, 0.15) is 5.75 Å². The third kappa shape index (κ3) is 2.97. The normalized spacial score (nSPS) is 24.0. The van der Waals surface area contributed by atoms with Crippen molar-refractivity contribution in [3.63, 3.8) is 0 Å². The number of rotatable bonds is 2. The summed E-state index contributed by atoms with van der Waals surface area (Å²) in [7, 11) is 0. The lowest BCUT2D eigenvalue weighted by Crippen LogP contribution is -2.34. The van der Waals surface area contributed by atoms with Crippen LogP contribution in [0.2, 0.25) is 0 Å². The molecule has 0 aromatic heterocycles. The Bertz CT molecular complexity index is 411. The van der Waals surface area contributed by atoms with E-state index in [9.17, 15) is 9.90 Å². The summed E-state index contributed by atoms with van der Waals surface area (Å²) in [5.74, 6) is 0.221. The van der Waals surface area contributed by atoms with Crippen molar-refractivity contribution in [2.24, 2.45) is 0 Å². The van der Waals surface area contributed by atoms with Crippen LogP contribution in [0.1, 0.15) is 18.9 Å². The van der Waals surface area contributed by atoms with Crippen LogP contribution in [-0.2, 0) is 11.2 Å². The number of phenolic OH excluding ortho intramolecular Hbond substituents is 1. The van der Waals surface area contributed by atoms with Gasteiger partial charge in [-0.2, -0.15) is 0 Å². The van der Waals surface area contributed by atoms with Gasteiger partial charge in [0, 0.05) is 13.1 Å². The number of amides is 1. The number of phenols is 1. The molecule has 0 bridgehead atoms. The van der Waals surface area contributed by atoms with Crippen molar-refractivity contribution < 1.29 is 15.0 Å². The lowest BCUT2D eigenvalue weighted by Gasteiger charge is -2.19. The number of likely N-dealkylation sites (tertiary alicyclic amines) is 1. The highest BCUT2D eigenvalue weighted by molar-refractivity contribution is 5.79. The van der Waals surface area contributed by atoms with Crippen molar-refractivity contribution >= 4 is 5.91 Å². The SMILES string of the molecule is CC1(O)CCN(C(=O)Cc2ccc(O)cc2)C1. The van der Waals surface area contributed by atoms with Gasteiger partial charge in [0.15, 0.2) is 0 Å². The zero-order chi connectivity index (χ0) is 12.5. The molecule has 1 aromatic carbocycles. The molecule has 0 radical (unpaired) electrons. The first-order chi connectivity index (χ1) is 7.96. The van der Waals surface area contributed by atoms with Gasteiger partial charge in [-0.1, -0.05) is 12.1 Å². The van der Waals surface area contributed by atoms with Crippen LogP contribution in [0.3, 0.4) is 0 Å². The van der Waals surface area contributed by atoms with Gasteiger partial charge >= 0.3 is 0 Å². The van der Waals surface area contributed by atoms with Crippen molar-refractivity contribution in [2.75, 3.05) is 13.1 Å². The molecule has 1 atom stereocenters. The summed E-state index contributed by atoms with van der Waals surface area (Å²) in [4.78, 5) is 13.6. The zero-order valence-corrected chi connectivity index (χ0v) is 9.89. The molecule has 1 aromatic rings. The monoisotopic (exact) mass is 235 g/mol. The first-order valence-electron chi connectivity index (χ1n) is 5.74. The first kappa shape index (κ1) is 11.9. The molecule has 17 heavy (non-hydrogen) atoms. The fraction of sp³-hybridized carbons (Fsp3) is 0.462. The molecule has 1 heterocycles. The third-order valence-corrected chi connectivity index (χ3v) is 3.10. The van der Waals surface area contributed by atoms with Gasteiger partial charge in [-0.25, -0.2) is 0 Å². The molecule has 1 aliphatic heterocycles. The molecule has 1 aliphatic rings. The third-order valence-electron chi connectivity index (χ3n) is 3.10. The summed E-state index contributed by atoms with van der Waals surface area (Å²) in [5, 5.41) is 18.9. The minimum absolute atomic E-state index is 0.0217. The minimum atomic E-state index is -0.745. The Morgan fingerprint density at radius 1 is 1.41 bits per heavy atom. The van der Waals surface area contributed by atoms with Crippen LogP contribution in [0.15, 0.2) is 24.3 Å². The van der Waals surface area contributed by atoms with Crippen LogP contribution in [0.25, 0.3) is 0 Å². The molecule has 2 rings (SSSR count). The van der Waals surface area contributed by atoms with Crippen LogP contribution >= 0.6 is 0 Å². The Hall–Kier alpha value is -1.55. The maximum absolute atomic E-state index is 11.9. The standard InChI is InChI=1S/C13H17NO3/c1-13(17)6-7-14(9-13)12(16)8-10-2-4-11(15)5-3-10/h2-5,15,17H,6-9H2,1H3. The summed E-state index contributed by atoms with van der Waals surface area (Å²) in [6.45, 7) is 2.77. The number of carbonyl (C=O) groups excluding carboxylic acids is 1. The molecular weight excluding hydrogens is 218 g/mol. The molecule has 1 unspecified atom stereocenters. The number of aromatic hydroxyl groups is 1. The number of β-amino-alcohol motifs (C(OH)–C–C–N with tert-alkyl or cyclic N) is 1. The molecule has 1 saturated heterocycles. The quantitative estimate of drug-likeness (QED) is 0.801. The van der Waals surface area contributed by atoms with Gasteiger partial charge in [-0.15, -0.1) is 0 Å². The minimum Gasteiger partial charge on any atom is -0.508 e. The van der Waals surface area contributed by atoms with Crippen molar-refractivity contribution in [2.45, 2.75) is 25.4 Å². The maximum atomic E-state index is 11.9. The summed E-state index contributed by atoms with van der Waals surface area (Å²) in [5.41, 5.74) is 0.129. The molecule has 4 heteroatoms. The summed E-state index contributed by atoms with van der Waals surface area (Å²) < 4.78 is 0. The highest BCUT2D eigenvalue weighted by Crippen LogP contribution is 2.21. The number of carbonyl (C=O) groups is 1. The van der Waals surface area contributed by atoms with E-state index < -0.39 is 5.60 Å². The van der Waals surface area contributed by atoms with Crippen molar-refractivity contribution in [3.05, 3.63) is 29.8 Å². The van der Waals surface area contributed by atoms with E-state index in [1.54, 1.807) is 36.1 Å². The van der Waals surface area contributed by atoms with Crippen molar-refractivity contribution in [1.29, 1.82) is 0 Å². The maximum Gasteiger partial charge on any atom is 0.227 e. The number of benzene rings is 1. The van der Waals surface area contributed by atoms with E-state index in [1.165, 1.54) is 0 Å². The lowest BCUT2D eigenvalue weighted by atomic mass is 10.1. The van der Waals surface area contributed by atoms with Crippen molar-refractivity contribution in [1.82, 2.24) is 4.90 Å². The Labute approximate surface area is 100 Å². The molecule has 4 nitrogen and oxygen atoms in total. The fourth-order valence-electron chi connectivity index (χ4n) is 2.06.